The van der Waals surface area contributed by atoms with E-state index in [2.05, 4.69) is 20.8 Å². The first kappa shape index (κ1) is 19.7. The zero-order valence-electron chi connectivity index (χ0n) is 14.8. The van der Waals surface area contributed by atoms with Crippen LogP contribution in [-0.2, 0) is 14.3 Å². The predicted molar refractivity (Wildman–Crippen MR) is 92.9 cm³/mol. The lowest BCUT2D eigenvalue weighted by Gasteiger charge is -2.36. The molecule has 0 amide bonds. The molecule has 6 heteroatoms. The van der Waals surface area contributed by atoms with E-state index in [4.69, 9.17) is 21.1 Å². The van der Waals surface area contributed by atoms with Crippen LogP contribution in [0.1, 0.15) is 50.4 Å². The highest BCUT2D eigenvalue weighted by molar-refractivity contribution is 6.33. The Bertz CT molecular complexity index is 632. The second-order valence-electron chi connectivity index (χ2n) is 7.05. The van der Waals surface area contributed by atoms with Crippen LogP contribution in [0.3, 0.4) is 0 Å². The highest BCUT2D eigenvalue weighted by Crippen LogP contribution is 2.35. The molecule has 0 radical (unpaired) electrons. The third-order valence-electron chi connectivity index (χ3n) is 4.72. The summed E-state index contributed by atoms with van der Waals surface area (Å²) >= 11 is 5.81. The normalized spacial score (nSPS) is 23.4. The third-order valence-corrected chi connectivity index (χ3v) is 5.03. The van der Waals surface area contributed by atoms with Gasteiger partial charge in [-0.1, -0.05) is 38.8 Å². The van der Waals surface area contributed by atoms with Gasteiger partial charge in [0, 0.05) is 0 Å². The van der Waals surface area contributed by atoms with Crippen LogP contribution >= 0.6 is 11.6 Å². The van der Waals surface area contributed by atoms with Crippen LogP contribution < -0.4 is 0 Å². The molecule has 3 atom stereocenters. The highest BCUT2D eigenvalue weighted by Gasteiger charge is 2.33. The molecule has 0 aromatic heterocycles. The topological polar surface area (TPSA) is 52.6 Å². The van der Waals surface area contributed by atoms with Gasteiger partial charge in [0.2, 0.25) is 0 Å². The second kappa shape index (κ2) is 8.65. The Morgan fingerprint density at radius 1 is 1.32 bits per heavy atom. The van der Waals surface area contributed by atoms with Gasteiger partial charge in [0.15, 0.2) is 6.61 Å². The summed E-state index contributed by atoms with van der Waals surface area (Å²) in [6.45, 7) is 5.91. The van der Waals surface area contributed by atoms with E-state index in [1.807, 2.05) is 0 Å². The molecule has 0 aliphatic heterocycles. The van der Waals surface area contributed by atoms with Crippen molar-refractivity contribution >= 4 is 23.5 Å². The lowest BCUT2D eigenvalue weighted by atomic mass is 9.75. The zero-order chi connectivity index (χ0) is 18.6. The number of carbonyl (C=O) groups excluding carboxylic acids is 2. The Balaban J connectivity index is 1.90. The lowest BCUT2D eigenvalue weighted by molar-refractivity contribution is -0.159. The maximum atomic E-state index is 13.0. The van der Waals surface area contributed by atoms with E-state index in [0.29, 0.717) is 17.8 Å². The molecule has 0 unspecified atom stereocenters. The average molecular weight is 371 g/mol. The smallest absolute Gasteiger partial charge is 0.344 e. The Labute approximate surface area is 152 Å². The van der Waals surface area contributed by atoms with Gasteiger partial charge in [-0.15, -0.1) is 0 Å². The number of hydrogen-bond acceptors (Lipinski definition) is 4. The first-order chi connectivity index (χ1) is 11.8. The van der Waals surface area contributed by atoms with Crippen molar-refractivity contribution in [3.63, 3.8) is 0 Å². The van der Waals surface area contributed by atoms with Gasteiger partial charge >= 0.3 is 11.9 Å². The van der Waals surface area contributed by atoms with E-state index in [0.717, 1.165) is 31.4 Å². The molecule has 1 aromatic carbocycles. The number of hydrogen-bond donors (Lipinski definition) is 0. The molecule has 1 aliphatic carbocycles. The molecule has 0 heterocycles. The van der Waals surface area contributed by atoms with Crippen molar-refractivity contribution in [1.29, 1.82) is 0 Å². The molecule has 138 valence electrons. The summed E-state index contributed by atoms with van der Waals surface area (Å²) in [6, 6.07) is 3.35. The monoisotopic (exact) mass is 370 g/mol. The number of benzene rings is 1. The fraction of sp³-hybridized carbons (Fsp3) is 0.579. The minimum Gasteiger partial charge on any atom is -0.460 e. The third kappa shape index (κ3) is 5.43. The first-order valence-electron chi connectivity index (χ1n) is 8.59. The van der Waals surface area contributed by atoms with Crippen molar-refractivity contribution in [3.05, 3.63) is 34.6 Å². The van der Waals surface area contributed by atoms with Crippen LogP contribution in [-0.4, -0.2) is 24.6 Å². The Hall–Kier alpha value is -1.62. The Kier molecular flexibility index (Phi) is 6.82. The maximum Gasteiger partial charge on any atom is 0.344 e. The van der Waals surface area contributed by atoms with Gasteiger partial charge in [-0.05, 0) is 48.8 Å². The molecule has 1 fully saturated rings. The molecule has 1 aliphatic rings. The zero-order valence-corrected chi connectivity index (χ0v) is 15.5. The van der Waals surface area contributed by atoms with Crippen LogP contribution in [0, 0.1) is 23.6 Å². The number of rotatable bonds is 5. The molecule has 0 N–H and O–H groups in total. The van der Waals surface area contributed by atoms with Crippen molar-refractivity contribution in [2.24, 2.45) is 17.8 Å². The standard InChI is InChI=1S/C19H24ClFO4/c1-11(2)14-6-4-12(3)8-17(14)25-18(22)10-24-19(23)15-7-5-13(21)9-16(15)20/h5,7,9,11-12,14,17H,4,6,8,10H2,1-3H3/t12-,14+,17+/m1/s1. The summed E-state index contributed by atoms with van der Waals surface area (Å²) in [5, 5.41) is -0.0562. The molecule has 0 bridgehead atoms. The van der Waals surface area contributed by atoms with Crippen molar-refractivity contribution in [2.75, 3.05) is 6.61 Å². The summed E-state index contributed by atoms with van der Waals surface area (Å²) < 4.78 is 23.5. The largest absolute Gasteiger partial charge is 0.460 e. The maximum absolute atomic E-state index is 13.0. The molecular weight excluding hydrogens is 347 g/mol. The van der Waals surface area contributed by atoms with Gasteiger partial charge < -0.3 is 9.47 Å². The summed E-state index contributed by atoms with van der Waals surface area (Å²) in [6.07, 6.45) is 2.84. The summed E-state index contributed by atoms with van der Waals surface area (Å²) in [4.78, 5) is 24.0. The van der Waals surface area contributed by atoms with Crippen LogP contribution in [0.15, 0.2) is 18.2 Å². The van der Waals surface area contributed by atoms with E-state index in [-0.39, 0.29) is 16.7 Å². The van der Waals surface area contributed by atoms with Gasteiger partial charge in [-0.25, -0.2) is 14.0 Å². The van der Waals surface area contributed by atoms with Crippen molar-refractivity contribution in [1.82, 2.24) is 0 Å². The van der Waals surface area contributed by atoms with Crippen molar-refractivity contribution in [3.8, 4) is 0 Å². The van der Waals surface area contributed by atoms with Gasteiger partial charge in [0.1, 0.15) is 11.9 Å². The van der Waals surface area contributed by atoms with Crippen LogP contribution in [0.2, 0.25) is 5.02 Å². The van der Waals surface area contributed by atoms with Crippen molar-refractivity contribution < 1.29 is 23.5 Å². The average Bonchev–Trinajstić information content (AvgIpc) is 2.52. The highest BCUT2D eigenvalue weighted by atomic mass is 35.5. The van der Waals surface area contributed by atoms with E-state index in [9.17, 15) is 14.0 Å². The van der Waals surface area contributed by atoms with Gasteiger partial charge in [0.05, 0.1) is 10.6 Å². The summed E-state index contributed by atoms with van der Waals surface area (Å²) in [5.41, 5.74) is 0.0159. The van der Waals surface area contributed by atoms with Crippen LogP contribution in [0.4, 0.5) is 4.39 Å². The molecule has 0 spiro atoms. The predicted octanol–water partition coefficient (Wildman–Crippen LogP) is 4.64. The van der Waals surface area contributed by atoms with Gasteiger partial charge in [0.25, 0.3) is 0 Å². The number of carbonyl (C=O) groups is 2. The quantitative estimate of drug-likeness (QED) is 0.708. The molecule has 1 aromatic rings. The SMILES string of the molecule is CC(C)[C@@H]1CC[C@@H](C)C[C@@H]1OC(=O)COC(=O)c1ccc(F)cc1Cl. The van der Waals surface area contributed by atoms with E-state index in [1.54, 1.807) is 0 Å². The molecule has 25 heavy (non-hydrogen) atoms. The Morgan fingerprint density at radius 2 is 2.04 bits per heavy atom. The minimum atomic E-state index is -0.778. The number of esters is 2. The molecule has 2 rings (SSSR count). The first-order valence-corrected chi connectivity index (χ1v) is 8.97. The fourth-order valence-electron chi connectivity index (χ4n) is 3.31. The molecule has 0 saturated heterocycles. The van der Waals surface area contributed by atoms with E-state index in [1.165, 1.54) is 6.07 Å². The second-order valence-corrected chi connectivity index (χ2v) is 7.46. The van der Waals surface area contributed by atoms with Gasteiger partial charge in [-0.2, -0.15) is 0 Å². The fourth-order valence-corrected chi connectivity index (χ4v) is 3.55. The summed E-state index contributed by atoms with van der Waals surface area (Å²) in [7, 11) is 0. The molecule has 4 nitrogen and oxygen atoms in total. The van der Waals surface area contributed by atoms with E-state index >= 15 is 0 Å². The summed E-state index contributed by atoms with van der Waals surface area (Å²) in [5.74, 6) is -0.649. The van der Waals surface area contributed by atoms with Crippen LogP contribution in [0.5, 0.6) is 0 Å². The molecular formula is C19H24ClFO4. The molecule has 1 saturated carbocycles. The van der Waals surface area contributed by atoms with E-state index < -0.39 is 24.4 Å². The Morgan fingerprint density at radius 3 is 2.68 bits per heavy atom. The van der Waals surface area contributed by atoms with Crippen LogP contribution in [0.25, 0.3) is 0 Å². The minimum absolute atomic E-state index is 0.0159. The van der Waals surface area contributed by atoms with Gasteiger partial charge in [-0.3, -0.25) is 0 Å². The van der Waals surface area contributed by atoms with Crippen molar-refractivity contribution in [2.45, 2.75) is 46.1 Å². The number of ether oxygens (including phenoxy) is 2. The lowest BCUT2D eigenvalue weighted by Crippen LogP contribution is -2.36. The number of halogens is 2.